The number of aromatic hydroxyl groups is 1. The Kier molecular flexibility index (Phi) is 6.13. The molecule has 0 radical (unpaired) electrons. The van der Waals surface area contributed by atoms with E-state index in [0.717, 1.165) is 12.8 Å². The fraction of sp³-hybridized carbons (Fsp3) is 0.760. The van der Waals surface area contributed by atoms with E-state index in [1.807, 2.05) is 6.92 Å². The number of phenols is 1. The minimum absolute atomic E-state index is 0.0342. The molecule has 1 fully saturated rings. The van der Waals surface area contributed by atoms with E-state index in [0.29, 0.717) is 23.7 Å². The van der Waals surface area contributed by atoms with Gasteiger partial charge >= 0.3 is 0 Å². The highest BCUT2D eigenvalue weighted by atomic mass is 32.2. The van der Waals surface area contributed by atoms with Crippen molar-refractivity contribution in [2.45, 2.75) is 98.0 Å². The highest BCUT2D eigenvalue weighted by Gasteiger charge is 2.63. The van der Waals surface area contributed by atoms with Crippen LogP contribution in [0.4, 0.5) is 0 Å². The summed E-state index contributed by atoms with van der Waals surface area (Å²) in [5.74, 6) is 0.431. The number of rotatable bonds is 6. The van der Waals surface area contributed by atoms with Gasteiger partial charge in [0.2, 0.25) is 0 Å². The zero-order valence-electron chi connectivity index (χ0n) is 21.0. The van der Waals surface area contributed by atoms with Crippen LogP contribution in [0.3, 0.4) is 0 Å². The maximum absolute atomic E-state index is 12.5. The lowest BCUT2D eigenvalue weighted by Gasteiger charge is -2.62. The molecule has 0 saturated heterocycles. The zero-order chi connectivity index (χ0) is 24.4. The summed E-state index contributed by atoms with van der Waals surface area (Å²) in [5.41, 5.74) is 0.258. The van der Waals surface area contributed by atoms with Gasteiger partial charge in [-0.15, -0.1) is 0 Å². The maximum Gasteiger partial charge on any atom is 0.298 e. The fourth-order valence-electron chi connectivity index (χ4n) is 7.22. The van der Waals surface area contributed by atoms with Gasteiger partial charge in [0.25, 0.3) is 10.1 Å². The predicted octanol–water partition coefficient (Wildman–Crippen LogP) is 5.95. The Labute approximate surface area is 193 Å². The topological polar surface area (TPSA) is 93.1 Å². The minimum Gasteiger partial charge on any atom is -0.504 e. The molecule has 4 unspecified atom stereocenters. The Morgan fingerprint density at radius 3 is 2.25 bits per heavy atom. The lowest BCUT2D eigenvalue weighted by Crippen LogP contribution is -2.61. The molecule has 1 saturated carbocycles. The molecule has 7 heteroatoms. The number of benzene rings is 1. The molecule has 2 N–H and O–H groups in total. The van der Waals surface area contributed by atoms with Gasteiger partial charge < -0.3 is 14.6 Å². The van der Waals surface area contributed by atoms with E-state index in [-0.39, 0.29) is 56.6 Å². The second kappa shape index (κ2) is 7.79. The van der Waals surface area contributed by atoms with Crippen molar-refractivity contribution in [3.8, 4) is 17.2 Å². The summed E-state index contributed by atoms with van der Waals surface area (Å²) >= 11 is 0. The van der Waals surface area contributed by atoms with Crippen LogP contribution in [0, 0.1) is 22.2 Å². The van der Waals surface area contributed by atoms with E-state index in [1.165, 1.54) is 7.11 Å². The number of methoxy groups -OCH3 is 1. The highest BCUT2D eigenvalue weighted by Crippen LogP contribution is 2.69. The van der Waals surface area contributed by atoms with Crippen LogP contribution in [0.25, 0.3) is 0 Å². The van der Waals surface area contributed by atoms with Gasteiger partial charge in [-0.25, -0.2) is 0 Å². The van der Waals surface area contributed by atoms with Gasteiger partial charge in [-0.2, -0.15) is 8.42 Å². The molecule has 0 aromatic heterocycles. The van der Waals surface area contributed by atoms with Gasteiger partial charge in [0.05, 0.1) is 7.11 Å². The minimum atomic E-state index is -4.64. The summed E-state index contributed by atoms with van der Waals surface area (Å²) in [7, 11) is -3.22. The molecule has 2 aliphatic rings. The lowest BCUT2D eigenvalue weighted by molar-refractivity contribution is -0.143. The van der Waals surface area contributed by atoms with Gasteiger partial charge in [0.1, 0.15) is 16.7 Å². The molecule has 3 rings (SSSR count). The number of hydrogen-bond donors (Lipinski definition) is 2. The van der Waals surface area contributed by atoms with Crippen molar-refractivity contribution >= 4 is 10.1 Å². The van der Waals surface area contributed by atoms with Gasteiger partial charge in [-0.1, -0.05) is 61.8 Å². The first kappa shape index (κ1) is 25.2. The Morgan fingerprint density at radius 1 is 1.22 bits per heavy atom. The van der Waals surface area contributed by atoms with E-state index in [9.17, 15) is 18.1 Å². The number of phenolic OH excluding ortho intramolecular Hbond substituents is 1. The van der Waals surface area contributed by atoms with Gasteiger partial charge in [-0.05, 0) is 36.0 Å². The normalized spacial score (nSPS) is 27.8. The molecule has 6 nitrogen and oxygen atoms in total. The summed E-state index contributed by atoms with van der Waals surface area (Å²) in [6.07, 6.45) is 2.59. The Balaban J connectivity index is 2.43. The van der Waals surface area contributed by atoms with Crippen LogP contribution in [0.15, 0.2) is 4.90 Å². The summed E-state index contributed by atoms with van der Waals surface area (Å²) in [4.78, 5) is -0.326. The van der Waals surface area contributed by atoms with Gasteiger partial charge in [0, 0.05) is 22.5 Å². The highest BCUT2D eigenvalue weighted by molar-refractivity contribution is 7.86. The Bertz CT molecular complexity index is 1000. The molecule has 1 aromatic carbocycles. The van der Waals surface area contributed by atoms with Crippen LogP contribution >= 0.6 is 0 Å². The molecule has 1 aliphatic carbocycles. The van der Waals surface area contributed by atoms with E-state index in [1.54, 1.807) is 0 Å². The van der Waals surface area contributed by atoms with Crippen molar-refractivity contribution in [2.24, 2.45) is 22.2 Å². The van der Waals surface area contributed by atoms with Crippen molar-refractivity contribution in [1.82, 2.24) is 0 Å². The molecular formula is C25H40O6S. The third kappa shape index (κ3) is 3.89. The maximum atomic E-state index is 12.5. The molecule has 0 spiro atoms. The van der Waals surface area contributed by atoms with Crippen molar-refractivity contribution in [3.63, 3.8) is 0 Å². The Morgan fingerprint density at radius 2 is 1.81 bits per heavy atom. The fourth-order valence-corrected chi connectivity index (χ4v) is 8.16. The quantitative estimate of drug-likeness (QED) is 0.501. The average Bonchev–Trinajstić information content (AvgIpc) is 2.59. The average molecular weight is 469 g/mol. The second-order valence-corrected chi connectivity index (χ2v) is 13.4. The van der Waals surface area contributed by atoms with Crippen molar-refractivity contribution < 1.29 is 27.6 Å². The van der Waals surface area contributed by atoms with Crippen molar-refractivity contribution in [2.75, 3.05) is 7.11 Å². The van der Waals surface area contributed by atoms with Crippen LogP contribution in [0.5, 0.6) is 17.2 Å². The third-order valence-electron chi connectivity index (χ3n) is 7.32. The van der Waals surface area contributed by atoms with Gasteiger partial charge in [0.15, 0.2) is 11.5 Å². The number of fused-ring (bicyclic) bond motifs is 2. The molecule has 32 heavy (non-hydrogen) atoms. The molecule has 182 valence electrons. The summed E-state index contributed by atoms with van der Waals surface area (Å²) in [6, 6.07) is 0. The monoisotopic (exact) mass is 468 g/mol. The van der Waals surface area contributed by atoms with E-state index in [4.69, 9.17) is 9.47 Å². The molecule has 0 bridgehead atoms. The van der Waals surface area contributed by atoms with Gasteiger partial charge in [-0.3, -0.25) is 4.55 Å². The van der Waals surface area contributed by atoms with Crippen LogP contribution in [0.1, 0.15) is 91.7 Å². The van der Waals surface area contributed by atoms with E-state index >= 15 is 0 Å². The van der Waals surface area contributed by atoms with E-state index in [2.05, 4.69) is 48.5 Å². The van der Waals surface area contributed by atoms with Crippen LogP contribution in [-0.2, 0) is 16.5 Å². The first-order valence-electron chi connectivity index (χ1n) is 11.6. The Hall–Kier alpha value is -1.47. The second-order valence-electron chi connectivity index (χ2n) is 12.0. The zero-order valence-corrected chi connectivity index (χ0v) is 21.8. The molecule has 1 heterocycles. The largest absolute Gasteiger partial charge is 0.504 e. The molecule has 4 atom stereocenters. The van der Waals surface area contributed by atoms with Crippen LogP contribution in [-0.4, -0.2) is 31.3 Å². The summed E-state index contributed by atoms with van der Waals surface area (Å²) < 4.78 is 47.4. The van der Waals surface area contributed by atoms with Crippen LogP contribution < -0.4 is 9.47 Å². The van der Waals surface area contributed by atoms with Crippen LogP contribution in [0.2, 0.25) is 0 Å². The smallest absolute Gasteiger partial charge is 0.298 e. The number of hydrogen-bond acceptors (Lipinski definition) is 5. The first-order valence-corrected chi connectivity index (χ1v) is 13.0. The molecular weight excluding hydrogens is 428 g/mol. The third-order valence-corrected chi connectivity index (χ3v) is 8.27. The van der Waals surface area contributed by atoms with Crippen molar-refractivity contribution in [1.29, 1.82) is 0 Å². The molecule has 1 aromatic rings. The summed E-state index contributed by atoms with van der Waals surface area (Å²) in [5, 5.41) is 11.3. The summed E-state index contributed by atoms with van der Waals surface area (Å²) in [6.45, 7) is 17.2. The van der Waals surface area contributed by atoms with Crippen molar-refractivity contribution in [3.05, 3.63) is 11.1 Å². The SMILES string of the molecule is CCCc1c(O)c2c(c(OC)c1S(=O)(=O)O)C(C(C)(C)CC(C)(C)C)C1(C)CC(C)C1O2. The first-order chi connectivity index (χ1) is 14.5. The standard InChI is InChI=1S/C25H40O6S/c1-10-11-15-17(26)18-16(19(30-9)20(15)32(27,28)29)21(24(6,7)13-23(3,4)5)25(8)12-14(2)22(25)31-18/h14,21-22,26H,10-13H2,1-9H3,(H,27,28,29). The molecule has 0 amide bonds. The lowest BCUT2D eigenvalue weighted by atomic mass is 9.46. The number of ether oxygens (including phenoxy) is 2. The predicted molar refractivity (Wildman–Crippen MR) is 125 cm³/mol. The molecule has 1 aliphatic heterocycles. The van der Waals surface area contributed by atoms with E-state index < -0.39 is 10.1 Å².